The Bertz CT molecular complexity index is 860. The fraction of sp³-hybridized carbons (Fsp3) is 0.381. The van der Waals surface area contributed by atoms with Crippen LogP contribution in [0.2, 0.25) is 0 Å². The van der Waals surface area contributed by atoms with Crippen LogP contribution in [0.3, 0.4) is 0 Å². The summed E-state index contributed by atoms with van der Waals surface area (Å²) >= 11 is 0. The van der Waals surface area contributed by atoms with Gasteiger partial charge in [0.1, 0.15) is 0 Å². The van der Waals surface area contributed by atoms with Crippen molar-refractivity contribution in [3.05, 3.63) is 71.3 Å². The Morgan fingerprint density at radius 2 is 1.50 bits per heavy atom. The number of hydrogen-bond acceptors (Lipinski definition) is 2. The second-order valence-electron chi connectivity index (χ2n) is 7.67. The van der Waals surface area contributed by atoms with Gasteiger partial charge in [-0.15, -0.1) is 0 Å². The molecule has 2 atom stereocenters. The van der Waals surface area contributed by atoms with Crippen LogP contribution in [0.25, 0.3) is 0 Å². The zero-order chi connectivity index (χ0) is 21.2. The quantitative estimate of drug-likeness (QED) is 0.674. The molecule has 0 aliphatic rings. The van der Waals surface area contributed by atoms with Crippen molar-refractivity contribution in [3.63, 3.8) is 0 Å². The number of rotatable bonds is 6. The van der Waals surface area contributed by atoms with E-state index < -0.39 is 39.7 Å². The average molecular weight is 411 g/mol. The van der Waals surface area contributed by atoms with Gasteiger partial charge in [-0.05, 0) is 38.8 Å². The van der Waals surface area contributed by atoms with Gasteiger partial charge in [0.25, 0.3) is 0 Å². The Morgan fingerprint density at radius 1 is 0.964 bits per heavy atom. The van der Waals surface area contributed by atoms with Crippen molar-refractivity contribution in [2.24, 2.45) is 0 Å². The summed E-state index contributed by atoms with van der Waals surface area (Å²) in [4.78, 5) is 12.9. The van der Waals surface area contributed by atoms with E-state index in [2.05, 4.69) is 4.72 Å². The molecule has 7 heteroatoms. The monoisotopic (exact) mass is 411 g/mol. The highest BCUT2D eigenvalue weighted by atomic mass is 32.2. The molecule has 3 nitrogen and oxygen atoms in total. The van der Waals surface area contributed by atoms with E-state index in [1.165, 1.54) is 30.3 Å². The normalized spacial score (nSPS) is 15.7. The molecule has 1 N–H and O–H groups in total. The van der Waals surface area contributed by atoms with Gasteiger partial charge in [-0.1, -0.05) is 54.6 Å². The largest absolute Gasteiger partial charge is 0.412 e. The molecule has 0 aliphatic carbocycles. The summed E-state index contributed by atoms with van der Waals surface area (Å²) in [7, 11) is -2.05. The van der Waals surface area contributed by atoms with Crippen LogP contribution in [0.4, 0.5) is 13.2 Å². The second kappa shape index (κ2) is 8.17. The van der Waals surface area contributed by atoms with Crippen LogP contribution in [0, 0.1) is 6.92 Å². The van der Waals surface area contributed by atoms with Gasteiger partial charge < -0.3 is 0 Å². The number of benzene rings is 2. The molecule has 0 spiro atoms. The topological polar surface area (TPSA) is 46.2 Å². The number of carbonyl (C=O) groups excluding carboxylic acids is 1. The maximum atomic E-state index is 14.4. The van der Waals surface area contributed by atoms with Crippen molar-refractivity contribution in [3.8, 4) is 0 Å². The fourth-order valence-corrected chi connectivity index (χ4v) is 3.70. The molecule has 0 fully saturated rings. The van der Waals surface area contributed by atoms with Crippen molar-refractivity contribution in [2.75, 3.05) is 0 Å². The van der Waals surface area contributed by atoms with Crippen LogP contribution >= 0.6 is 0 Å². The van der Waals surface area contributed by atoms with Gasteiger partial charge >= 0.3 is 6.18 Å². The average Bonchev–Trinajstić information content (AvgIpc) is 2.60. The van der Waals surface area contributed by atoms with Crippen molar-refractivity contribution in [1.82, 2.24) is 4.72 Å². The summed E-state index contributed by atoms with van der Waals surface area (Å²) in [5.74, 6) is -0.669. The third kappa shape index (κ3) is 4.70. The fourth-order valence-electron chi connectivity index (χ4n) is 2.77. The number of carbonyl (C=O) groups is 1. The van der Waals surface area contributed by atoms with E-state index in [1.54, 1.807) is 52.0 Å². The first-order valence-corrected chi connectivity index (χ1v) is 9.94. The lowest BCUT2D eigenvalue weighted by Gasteiger charge is -2.38. The summed E-state index contributed by atoms with van der Waals surface area (Å²) in [5, 5.41) is 0. The third-order valence-electron chi connectivity index (χ3n) is 4.44. The van der Waals surface area contributed by atoms with Gasteiger partial charge in [0, 0.05) is 12.0 Å². The zero-order valence-corrected chi connectivity index (χ0v) is 17.1. The minimum absolute atomic E-state index is 0.151. The van der Waals surface area contributed by atoms with Crippen LogP contribution < -0.4 is 4.72 Å². The molecule has 0 bridgehead atoms. The Hall–Kier alpha value is -1.99. The van der Waals surface area contributed by atoms with Gasteiger partial charge in [-0.25, -0.2) is 8.93 Å². The van der Waals surface area contributed by atoms with Crippen molar-refractivity contribution in [1.29, 1.82) is 0 Å². The van der Waals surface area contributed by atoms with E-state index in [0.29, 0.717) is 5.56 Å². The molecule has 0 saturated carbocycles. The lowest BCUT2D eigenvalue weighted by Crippen LogP contribution is -2.58. The molecule has 2 rings (SSSR count). The molecule has 1 unspecified atom stereocenters. The zero-order valence-electron chi connectivity index (χ0n) is 16.3. The molecule has 28 heavy (non-hydrogen) atoms. The molecular formula is C21H24F3NO2S. The first-order valence-electron chi connectivity index (χ1n) is 8.79. The number of Topliss-reactive ketones (excluding diaryl/α,β-unsaturated/α-hetero) is 1. The van der Waals surface area contributed by atoms with E-state index in [9.17, 15) is 22.2 Å². The molecule has 0 radical (unpaired) electrons. The summed E-state index contributed by atoms with van der Waals surface area (Å²) in [5.41, 5.74) is -2.11. The van der Waals surface area contributed by atoms with Crippen molar-refractivity contribution < 1.29 is 22.2 Å². The van der Waals surface area contributed by atoms with E-state index in [1.807, 2.05) is 0 Å². The van der Waals surface area contributed by atoms with Crippen LogP contribution in [-0.4, -0.2) is 20.9 Å². The van der Waals surface area contributed by atoms with E-state index in [-0.39, 0.29) is 11.1 Å². The summed E-state index contributed by atoms with van der Waals surface area (Å²) in [6.45, 7) is 6.40. The van der Waals surface area contributed by atoms with Gasteiger partial charge in [0.2, 0.25) is 0 Å². The van der Waals surface area contributed by atoms with Gasteiger partial charge in [0.15, 0.2) is 11.3 Å². The molecule has 0 saturated heterocycles. The highest BCUT2D eigenvalue weighted by Gasteiger charge is 2.58. The van der Waals surface area contributed by atoms with Crippen LogP contribution in [0.1, 0.15) is 48.7 Å². The molecule has 0 amide bonds. The van der Waals surface area contributed by atoms with Crippen LogP contribution in [0.15, 0.2) is 54.6 Å². The molecule has 0 aromatic heterocycles. The molecule has 2 aromatic rings. The molecule has 0 heterocycles. The summed E-state index contributed by atoms with van der Waals surface area (Å²) in [6.07, 6.45) is -5.75. The van der Waals surface area contributed by atoms with Crippen LogP contribution in [0.5, 0.6) is 0 Å². The van der Waals surface area contributed by atoms with Gasteiger partial charge in [-0.3, -0.25) is 4.79 Å². The first-order chi connectivity index (χ1) is 12.9. The Labute approximate surface area is 165 Å². The number of alkyl halides is 3. The lowest BCUT2D eigenvalue weighted by atomic mass is 9.83. The predicted octanol–water partition coefficient (Wildman–Crippen LogP) is 5.08. The number of ketones is 1. The van der Waals surface area contributed by atoms with E-state index in [4.69, 9.17) is 0 Å². The highest BCUT2D eigenvalue weighted by molar-refractivity contribution is 7.84. The van der Waals surface area contributed by atoms with Gasteiger partial charge in [0.05, 0.1) is 15.7 Å². The first kappa shape index (κ1) is 22.3. The van der Waals surface area contributed by atoms with E-state index >= 15 is 0 Å². The Kier molecular flexibility index (Phi) is 6.51. The second-order valence-corrected chi connectivity index (χ2v) is 9.63. The minimum Gasteiger partial charge on any atom is -0.294 e. The molecule has 152 valence electrons. The number of halogens is 3. The SMILES string of the molecule is Cc1ccccc1C(=O)C[C@](NS(=O)C(C)(C)C)(c1ccccc1)C(F)(F)F. The standard InChI is InChI=1S/C21H24F3NO2S/c1-15-10-8-9-13-17(15)18(26)14-20(21(22,23)24,16-11-6-5-7-12-16)25-28(27)19(2,3)4/h5-13,25H,14H2,1-4H3/t20-,28?/m0/s1. The summed E-state index contributed by atoms with van der Waals surface area (Å²) in [6, 6.07) is 13.6. The number of nitrogens with one attached hydrogen (secondary N) is 1. The lowest BCUT2D eigenvalue weighted by molar-refractivity contribution is -0.193. The van der Waals surface area contributed by atoms with Crippen molar-refractivity contribution >= 4 is 16.8 Å². The number of aryl methyl sites for hydroxylation is 1. The van der Waals surface area contributed by atoms with Crippen molar-refractivity contribution in [2.45, 2.75) is 50.6 Å². The Balaban J connectivity index is 2.61. The summed E-state index contributed by atoms with van der Waals surface area (Å²) < 4.78 is 57.3. The molecular weight excluding hydrogens is 387 g/mol. The molecule has 0 aliphatic heterocycles. The highest BCUT2D eigenvalue weighted by Crippen LogP contribution is 2.43. The maximum absolute atomic E-state index is 14.4. The van der Waals surface area contributed by atoms with Crippen LogP contribution in [-0.2, 0) is 16.5 Å². The minimum atomic E-state index is -4.85. The third-order valence-corrected chi connectivity index (χ3v) is 6.09. The number of hydrogen-bond donors (Lipinski definition) is 1. The maximum Gasteiger partial charge on any atom is 0.412 e. The predicted molar refractivity (Wildman–Crippen MR) is 105 cm³/mol. The van der Waals surface area contributed by atoms with Gasteiger partial charge in [-0.2, -0.15) is 13.2 Å². The molecule has 2 aromatic carbocycles. The van der Waals surface area contributed by atoms with E-state index in [0.717, 1.165) is 0 Å². The Morgan fingerprint density at radius 3 is 2.00 bits per heavy atom. The smallest absolute Gasteiger partial charge is 0.294 e.